The number of hydrogen-bond acceptors (Lipinski definition) is 6. The lowest BCUT2D eigenvalue weighted by atomic mass is 10.2. The largest absolute Gasteiger partial charge is 0.465 e. The average molecular weight is 370 g/mol. The fourth-order valence-corrected chi connectivity index (χ4v) is 2.67. The van der Waals surface area contributed by atoms with Gasteiger partial charge in [0.05, 0.1) is 36.6 Å². The van der Waals surface area contributed by atoms with Gasteiger partial charge in [0.15, 0.2) is 0 Å². The molecule has 8 heteroatoms. The van der Waals surface area contributed by atoms with Crippen LogP contribution in [0.4, 0.5) is 5.69 Å². The van der Waals surface area contributed by atoms with Gasteiger partial charge >= 0.3 is 5.97 Å². The number of hydrogen-bond donors (Lipinski definition) is 2. The second kappa shape index (κ2) is 10.2. The van der Waals surface area contributed by atoms with Crippen molar-refractivity contribution in [2.75, 3.05) is 58.4 Å². The number of carbonyl (C=O) groups is 2. The fourth-order valence-electron chi connectivity index (χ4n) is 2.48. The number of carbonyl (C=O) groups excluding carboxylic acids is 2. The Hall–Kier alpha value is -1.83. The molecular weight excluding hydrogens is 346 g/mol. The number of ether oxygens (including phenoxy) is 2. The van der Waals surface area contributed by atoms with Gasteiger partial charge in [0.25, 0.3) is 0 Å². The number of amides is 1. The lowest BCUT2D eigenvalue weighted by Gasteiger charge is -2.26. The first-order valence-electron chi connectivity index (χ1n) is 8.28. The predicted octanol–water partition coefficient (Wildman–Crippen LogP) is 1.38. The fraction of sp³-hybridized carbons (Fsp3) is 0.529. The second-order valence-corrected chi connectivity index (χ2v) is 6.07. The van der Waals surface area contributed by atoms with E-state index in [1.807, 2.05) is 0 Å². The Morgan fingerprint density at radius 2 is 2.04 bits per heavy atom. The maximum absolute atomic E-state index is 11.9. The molecule has 1 fully saturated rings. The van der Waals surface area contributed by atoms with Crippen LogP contribution in [0, 0.1) is 0 Å². The monoisotopic (exact) mass is 369 g/mol. The van der Waals surface area contributed by atoms with Crippen LogP contribution in [0.2, 0.25) is 5.02 Å². The van der Waals surface area contributed by atoms with E-state index in [0.29, 0.717) is 35.8 Å². The maximum atomic E-state index is 11.9. The van der Waals surface area contributed by atoms with Gasteiger partial charge in [-0.05, 0) is 18.2 Å². The molecule has 1 saturated heterocycles. The molecule has 25 heavy (non-hydrogen) atoms. The van der Waals surface area contributed by atoms with Gasteiger partial charge in [0, 0.05) is 39.1 Å². The molecule has 138 valence electrons. The molecular formula is C17H24ClN3O4. The van der Waals surface area contributed by atoms with Crippen LogP contribution in [0.5, 0.6) is 0 Å². The Balaban J connectivity index is 1.69. The first kappa shape index (κ1) is 19.5. The van der Waals surface area contributed by atoms with Crippen LogP contribution in [0.15, 0.2) is 18.2 Å². The van der Waals surface area contributed by atoms with Gasteiger partial charge in [-0.2, -0.15) is 0 Å². The van der Waals surface area contributed by atoms with Crippen LogP contribution >= 0.6 is 11.6 Å². The SMILES string of the molecule is COC(=O)c1ccc(Cl)c(NCCC(=O)NCCN2CCOCC2)c1. The van der Waals surface area contributed by atoms with E-state index in [2.05, 4.69) is 20.3 Å². The van der Waals surface area contributed by atoms with E-state index < -0.39 is 5.97 Å². The average Bonchev–Trinajstić information content (AvgIpc) is 2.63. The summed E-state index contributed by atoms with van der Waals surface area (Å²) < 4.78 is 9.97. The third-order valence-electron chi connectivity index (χ3n) is 3.91. The first-order chi connectivity index (χ1) is 12.1. The van der Waals surface area contributed by atoms with Gasteiger partial charge in [-0.3, -0.25) is 9.69 Å². The number of esters is 1. The van der Waals surface area contributed by atoms with Crippen LogP contribution in [0.25, 0.3) is 0 Å². The van der Waals surface area contributed by atoms with Crippen LogP contribution < -0.4 is 10.6 Å². The summed E-state index contributed by atoms with van der Waals surface area (Å²) in [5, 5.41) is 6.46. The number of rotatable bonds is 8. The normalized spacial score (nSPS) is 14.8. The molecule has 0 radical (unpaired) electrons. The number of methoxy groups -OCH3 is 1. The van der Waals surface area contributed by atoms with Crippen molar-refractivity contribution in [3.63, 3.8) is 0 Å². The minimum atomic E-state index is -0.430. The van der Waals surface area contributed by atoms with Gasteiger partial charge < -0.3 is 20.1 Å². The second-order valence-electron chi connectivity index (χ2n) is 5.67. The van der Waals surface area contributed by atoms with Gasteiger partial charge in [-0.1, -0.05) is 11.6 Å². The molecule has 0 bridgehead atoms. The van der Waals surface area contributed by atoms with Crippen molar-refractivity contribution in [2.24, 2.45) is 0 Å². The van der Waals surface area contributed by atoms with E-state index in [4.69, 9.17) is 16.3 Å². The molecule has 1 amide bonds. The zero-order chi connectivity index (χ0) is 18.1. The van der Waals surface area contributed by atoms with Crippen molar-refractivity contribution in [1.29, 1.82) is 0 Å². The highest BCUT2D eigenvalue weighted by molar-refractivity contribution is 6.33. The quantitative estimate of drug-likeness (QED) is 0.674. The number of nitrogens with zero attached hydrogens (tertiary/aromatic N) is 1. The molecule has 0 aromatic heterocycles. The van der Waals surface area contributed by atoms with Gasteiger partial charge in [0.2, 0.25) is 5.91 Å². The number of benzene rings is 1. The summed E-state index contributed by atoms with van der Waals surface area (Å²) in [6.07, 6.45) is 0.321. The zero-order valence-electron chi connectivity index (χ0n) is 14.3. The van der Waals surface area contributed by atoms with Crippen LogP contribution in [0.3, 0.4) is 0 Å². The Kier molecular flexibility index (Phi) is 7.97. The summed E-state index contributed by atoms with van der Waals surface area (Å²) >= 11 is 6.10. The topological polar surface area (TPSA) is 79.9 Å². The highest BCUT2D eigenvalue weighted by Crippen LogP contribution is 2.23. The maximum Gasteiger partial charge on any atom is 0.337 e. The summed E-state index contributed by atoms with van der Waals surface area (Å²) in [5.74, 6) is -0.457. The third-order valence-corrected chi connectivity index (χ3v) is 4.24. The van der Waals surface area contributed by atoms with E-state index in [-0.39, 0.29) is 5.91 Å². The molecule has 2 rings (SSSR count). The predicted molar refractivity (Wildman–Crippen MR) is 96.2 cm³/mol. The Morgan fingerprint density at radius 3 is 2.76 bits per heavy atom. The Morgan fingerprint density at radius 1 is 1.28 bits per heavy atom. The van der Waals surface area contributed by atoms with Crippen molar-refractivity contribution in [1.82, 2.24) is 10.2 Å². The van der Waals surface area contributed by atoms with Crippen LogP contribution in [0.1, 0.15) is 16.8 Å². The summed E-state index contributed by atoms with van der Waals surface area (Å²) in [7, 11) is 1.32. The minimum absolute atomic E-state index is 0.0268. The Bertz CT molecular complexity index is 591. The zero-order valence-corrected chi connectivity index (χ0v) is 15.1. The summed E-state index contributed by atoms with van der Waals surface area (Å²) in [5.41, 5.74) is 1.01. The highest BCUT2D eigenvalue weighted by Gasteiger charge is 2.11. The van der Waals surface area contributed by atoms with Crippen LogP contribution in [-0.4, -0.2) is 69.8 Å². The van der Waals surface area contributed by atoms with Crippen LogP contribution in [-0.2, 0) is 14.3 Å². The molecule has 1 aliphatic heterocycles. The van der Waals surface area contributed by atoms with Crippen molar-refractivity contribution in [2.45, 2.75) is 6.42 Å². The number of morpholine rings is 1. The molecule has 1 aromatic rings. The van der Waals surface area contributed by atoms with Crippen molar-refractivity contribution >= 4 is 29.2 Å². The molecule has 1 aliphatic rings. The lowest BCUT2D eigenvalue weighted by Crippen LogP contribution is -2.41. The van der Waals surface area contributed by atoms with Gasteiger partial charge in [-0.15, -0.1) is 0 Å². The van der Waals surface area contributed by atoms with E-state index in [1.54, 1.807) is 18.2 Å². The molecule has 0 spiro atoms. The van der Waals surface area contributed by atoms with Gasteiger partial charge in [-0.25, -0.2) is 4.79 Å². The molecule has 2 N–H and O–H groups in total. The van der Waals surface area contributed by atoms with Gasteiger partial charge in [0.1, 0.15) is 0 Å². The molecule has 0 atom stereocenters. The van der Waals surface area contributed by atoms with E-state index in [0.717, 1.165) is 32.8 Å². The summed E-state index contributed by atoms with van der Waals surface area (Å²) in [4.78, 5) is 25.7. The minimum Gasteiger partial charge on any atom is -0.465 e. The molecule has 0 saturated carbocycles. The smallest absolute Gasteiger partial charge is 0.337 e. The first-order valence-corrected chi connectivity index (χ1v) is 8.66. The number of anilines is 1. The van der Waals surface area contributed by atoms with E-state index in [1.165, 1.54) is 7.11 Å². The Labute approximate surface area is 152 Å². The lowest BCUT2D eigenvalue weighted by molar-refractivity contribution is -0.120. The van der Waals surface area contributed by atoms with Crippen molar-refractivity contribution in [3.8, 4) is 0 Å². The molecule has 0 aliphatic carbocycles. The standard InChI is InChI=1S/C17H24ClN3O4/c1-24-17(23)13-2-3-14(18)15(12-13)19-5-4-16(22)20-6-7-21-8-10-25-11-9-21/h2-3,12,19H,4-11H2,1H3,(H,20,22). The molecule has 1 heterocycles. The van der Waals surface area contributed by atoms with Crippen molar-refractivity contribution in [3.05, 3.63) is 28.8 Å². The summed E-state index contributed by atoms with van der Waals surface area (Å²) in [6, 6.07) is 4.83. The number of halogens is 1. The third kappa shape index (κ3) is 6.53. The van der Waals surface area contributed by atoms with E-state index >= 15 is 0 Å². The number of nitrogens with one attached hydrogen (secondary N) is 2. The van der Waals surface area contributed by atoms with E-state index in [9.17, 15) is 9.59 Å². The highest BCUT2D eigenvalue weighted by atomic mass is 35.5. The molecule has 7 nitrogen and oxygen atoms in total. The van der Waals surface area contributed by atoms with Crippen molar-refractivity contribution < 1.29 is 19.1 Å². The summed E-state index contributed by atoms with van der Waals surface area (Å²) in [6.45, 7) is 5.20. The molecule has 1 aromatic carbocycles. The molecule has 0 unspecified atom stereocenters.